The van der Waals surface area contributed by atoms with Crippen LogP contribution in [-0.2, 0) is 9.59 Å². The molecule has 1 saturated heterocycles. The smallest absolute Gasteiger partial charge is 0.250 e. The van der Waals surface area contributed by atoms with Crippen LogP contribution in [0.1, 0.15) is 26.7 Å². The van der Waals surface area contributed by atoms with Crippen molar-refractivity contribution in [3.8, 4) is 0 Å². The maximum atomic E-state index is 12.2. The molecule has 1 fully saturated rings. The van der Waals surface area contributed by atoms with Crippen molar-refractivity contribution in [2.24, 2.45) is 0 Å². The molecule has 0 spiro atoms. The van der Waals surface area contributed by atoms with Gasteiger partial charge in [0.15, 0.2) is 0 Å². The number of nitrogens with zero attached hydrogens (tertiary/aromatic N) is 1. The minimum Gasteiger partial charge on any atom is -0.328 e. The molecule has 1 aromatic rings. The number of hydrogen-bond donors (Lipinski definition) is 1. The summed E-state index contributed by atoms with van der Waals surface area (Å²) in [6, 6.07) is 9.31. The summed E-state index contributed by atoms with van der Waals surface area (Å²) in [5.41, 5.74) is 0.0719. The van der Waals surface area contributed by atoms with E-state index in [0.29, 0.717) is 13.0 Å². The van der Waals surface area contributed by atoms with Gasteiger partial charge in [-0.15, -0.1) is 0 Å². The summed E-state index contributed by atoms with van der Waals surface area (Å²) in [6.07, 6.45) is 1.16. The number of hydrogen-bond acceptors (Lipinski definition) is 2. The van der Waals surface area contributed by atoms with Crippen molar-refractivity contribution < 1.29 is 9.59 Å². The molecule has 1 heterocycles. The van der Waals surface area contributed by atoms with Gasteiger partial charge in [0.1, 0.15) is 5.54 Å². The predicted octanol–water partition coefficient (Wildman–Crippen LogP) is 2.03. The number of likely N-dealkylation sites (tertiary alicyclic amines) is 1. The van der Waals surface area contributed by atoms with Crippen LogP contribution in [0.4, 0.5) is 5.69 Å². The zero-order chi connectivity index (χ0) is 13.2. The van der Waals surface area contributed by atoms with Gasteiger partial charge >= 0.3 is 0 Å². The third-order valence-corrected chi connectivity index (χ3v) is 3.54. The van der Waals surface area contributed by atoms with Crippen LogP contribution in [0.2, 0.25) is 0 Å². The summed E-state index contributed by atoms with van der Waals surface area (Å²) in [5, 5.41) is 2.86. The number of carbonyl (C=O) groups excluding carboxylic acids is 2. The average molecular weight is 246 g/mol. The number of anilines is 1. The van der Waals surface area contributed by atoms with Crippen LogP contribution >= 0.6 is 0 Å². The second-order valence-electron chi connectivity index (χ2n) is 4.74. The number of carbonyl (C=O) groups is 2. The molecular weight excluding hydrogens is 228 g/mol. The quantitative estimate of drug-likeness (QED) is 0.887. The van der Waals surface area contributed by atoms with Crippen molar-refractivity contribution in [2.75, 3.05) is 11.9 Å². The fourth-order valence-corrected chi connectivity index (χ4v) is 2.17. The molecule has 1 aliphatic heterocycles. The van der Waals surface area contributed by atoms with E-state index < -0.39 is 5.54 Å². The van der Waals surface area contributed by atoms with Gasteiger partial charge in [0.2, 0.25) is 11.8 Å². The van der Waals surface area contributed by atoms with Crippen LogP contribution in [0, 0.1) is 0 Å². The number of rotatable bonds is 3. The van der Waals surface area contributed by atoms with E-state index in [2.05, 4.69) is 5.32 Å². The molecule has 0 bridgehead atoms. The Balaban J connectivity index is 2.07. The molecule has 0 aliphatic carbocycles. The molecule has 96 valence electrons. The lowest BCUT2D eigenvalue weighted by molar-refractivity contribution is -0.154. The van der Waals surface area contributed by atoms with Crippen molar-refractivity contribution in [3.63, 3.8) is 0 Å². The van der Waals surface area contributed by atoms with E-state index in [-0.39, 0.29) is 11.8 Å². The summed E-state index contributed by atoms with van der Waals surface area (Å²) in [6.45, 7) is 4.31. The van der Waals surface area contributed by atoms with Crippen molar-refractivity contribution in [1.82, 2.24) is 4.90 Å². The van der Waals surface area contributed by atoms with E-state index in [4.69, 9.17) is 0 Å². The van der Waals surface area contributed by atoms with Gasteiger partial charge in [0, 0.05) is 18.7 Å². The SMILES string of the molecule is CCC(=O)N1CCC1(C)C(=O)Nc1ccccc1. The first-order valence-corrected chi connectivity index (χ1v) is 6.25. The Morgan fingerprint density at radius 2 is 2.00 bits per heavy atom. The number of nitrogens with one attached hydrogen (secondary N) is 1. The van der Waals surface area contributed by atoms with Gasteiger partial charge in [-0.25, -0.2) is 0 Å². The molecule has 0 aromatic heterocycles. The van der Waals surface area contributed by atoms with Crippen LogP contribution in [0.15, 0.2) is 30.3 Å². The maximum absolute atomic E-state index is 12.2. The van der Waals surface area contributed by atoms with Gasteiger partial charge in [-0.3, -0.25) is 9.59 Å². The Kier molecular flexibility index (Phi) is 3.36. The first-order chi connectivity index (χ1) is 8.58. The Morgan fingerprint density at radius 1 is 1.33 bits per heavy atom. The van der Waals surface area contributed by atoms with Gasteiger partial charge < -0.3 is 10.2 Å². The van der Waals surface area contributed by atoms with Crippen molar-refractivity contribution >= 4 is 17.5 Å². The summed E-state index contributed by atoms with van der Waals surface area (Å²) in [4.78, 5) is 25.6. The van der Waals surface area contributed by atoms with Crippen LogP contribution in [0.25, 0.3) is 0 Å². The molecule has 4 nitrogen and oxygen atoms in total. The molecular formula is C14H18N2O2. The van der Waals surface area contributed by atoms with Crippen molar-refractivity contribution in [2.45, 2.75) is 32.2 Å². The minimum absolute atomic E-state index is 0.0342. The Labute approximate surface area is 107 Å². The van der Waals surface area contributed by atoms with Gasteiger partial charge in [-0.05, 0) is 25.5 Å². The average Bonchev–Trinajstić information content (AvgIpc) is 2.37. The maximum Gasteiger partial charge on any atom is 0.250 e. The highest BCUT2D eigenvalue weighted by atomic mass is 16.2. The summed E-state index contributed by atoms with van der Waals surface area (Å²) >= 11 is 0. The van der Waals surface area contributed by atoms with Crippen LogP contribution in [-0.4, -0.2) is 28.8 Å². The number of benzene rings is 1. The van der Waals surface area contributed by atoms with E-state index in [9.17, 15) is 9.59 Å². The van der Waals surface area contributed by atoms with Gasteiger partial charge in [0.05, 0.1) is 0 Å². The normalized spacial score (nSPS) is 22.2. The molecule has 2 rings (SSSR count). The third-order valence-electron chi connectivity index (χ3n) is 3.54. The van der Waals surface area contributed by atoms with E-state index in [1.165, 1.54) is 0 Å². The molecule has 1 aliphatic rings. The van der Waals surface area contributed by atoms with Gasteiger partial charge in [-0.1, -0.05) is 25.1 Å². The van der Waals surface area contributed by atoms with Crippen molar-refractivity contribution in [1.29, 1.82) is 0 Å². The molecule has 1 atom stereocenters. The fourth-order valence-electron chi connectivity index (χ4n) is 2.17. The zero-order valence-corrected chi connectivity index (χ0v) is 10.8. The second-order valence-corrected chi connectivity index (χ2v) is 4.74. The van der Waals surface area contributed by atoms with Crippen molar-refractivity contribution in [3.05, 3.63) is 30.3 Å². The molecule has 0 saturated carbocycles. The first-order valence-electron chi connectivity index (χ1n) is 6.25. The second kappa shape index (κ2) is 4.80. The molecule has 1 aromatic carbocycles. The summed E-state index contributed by atoms with van der Waals surface area (Å²) in [7, 11) is 0. The third kappa shape index (κ3) is 2.10. The van der Waals surface area contributed by atoms with Crippen LogP contribution in [0.5, 0.6) is 0 Å². The number of amides is 2. The van der Waals surface area contributed by atoms with E-state index >= 15 is 0 Å². The monoisotopic (exact) mass is 246 g/mol. The molecule has 1 unspecified atom stereocenters. The van der Waals surface area contributed by atoms with Crippen LogP contribution in [0.3, 0.4) is 0 Å². The largest absolute Gasteiger partial charge is 0.328 e. The van der Waals surface area contributed by atoms with Crippen LogP contribution < -0.4 is 5.32 Å². The van der Waals surface area contributed by atoms with E-state index in [1.54, 1.807) is 4.90 Å². The lowest BCUT2D eigenvalue weighted by Crippen LogP contribution is -2.66. The van der Waals surface area contributed by atoms with Gasteiger partial charge in [0.25, 0.3) is 0 Å². The first kappa shape index (κ1) is 12.6. The lowest BCUT2D eigenvalue weighted by atomic mass is 9.85. The highest BCUT2D eigenvalue weighted by Gasteiger charge is 2.48. The topological polar surface area (TPSA) is 49.4 Å². The summed E-state index contributed by atoms with van der Waals surface area (Å²) < 4.78 is 0. The molecule has 4 heteroatoms. The molecule has 0 radical (unpaired) electrons. The Morgan fingerprint density at radius 3 is 2.50 bits per heavy atom. The molecule has 1 N–H and O–H groups in total. The van der Waals surface area contributed by atoms with Gasteiger partial charge in [-0.2, -0.15) is 0 Å². The molecule has 18 heavy (non-hydrogen) atoms. The standard InChI is InChI=1S/C14H18N2O2/c1-3-12(17)16-10-9-14(16,2)13(18)15-11-7-5-4-6-8-11/h4-8H,3,9-10H2,1-2H3,(H,15,18). The van der Waals surface area contributed by atoms with E-state index in [1.807, 2.05) is 44.2 Å². The Bertz CT molecular complexity index is 458. The summed E-state index contributed by atoms with van der Waals surface area (Å²) in [5.74, 6) is -0.0753. The number of para-hydroxylation sites is 1. The fraction of sp³-hybridized carbons (Fsp3) is 0.429. The predicted molar refractivity (Wildman–Crippen MR) is 70.1 cm³/mol. The highest BCUT2D eigenvalue weighted by Crippen LogP contribution is 2.32. The molecule has 2 amide bonds. The van der Waals surface area contributed by atoms with E-state index in [0.717, 1.165) is 12.1 Å². The Hall–Kier alpha value is -1.84. The highest BCUT2D eigenvalue weighted by molar-refractivity contribution is 6.01. The minimum atomic E-state index is -0.692. The lowest BCUT2D eigenvalue weighted by Gasteiger charge is -2.49. The zero-order valence-electron chi connectivity index (χ0n) is 10.8.